The maximum atomic E-state index is 9.75. The van der Waals surface area contributed by atoms with Gasteiger partial charge in [0.25, 0.3) is 0 Å². The van der Waals surface area contributed by atoms with Gasteiger partial charge in [-0.05, 0) is 0 Å². The van der Waals surface area contributed by atoms with Crippen LogP contribution in [0.1, 0.15) is 5.82 Å². The lowest BCUT2D eigenvalue weighted by molar-refractivity contribution is -0.107. The first-order valence-corrected chi connectivity index (χ1v) is 2.12. The zero-order valence-electron chi connectivity index (χ0n) is 4.07. The van der Waals surface area contributed by atoms with Crippen molar-refractivity contribution in [1.29, 1.82) is 0 Å². The van der Waals surface area contributed by atoms with E-state index in [9.17, 15) is 4.79 Å². The Morgan fingerprint density at radius 3 is 3.25 bits per heavy atom. The predicted molar refractivity (Wildman–Crippen MR) is 24.1 cm³/mol. The molecule has 0 saturated heterocycles. The molecule has 0 unspecified atom stereocenters. The lowest BCUT2D eigenvalue weighted by Crippen LogP contribution is -1.86. The second kappa shape index (κ2) is 2.20. The molecule has 4 nitrogen and oxygen atoms in total. The van der Waals surface area contributed by atoms with Crippen molar-refractivity contribution in [2.75, 3.05) is 0 Å². The fourth-order valence-electron chi connectivity index (χ4n) is 0.357. The highest BCUT2D eigenvalue weighted by Crippen LogP contribution is 1.84. The molecule has 0 radical (unpaired) electrons. The summed E-state index contributed by atoms with van der Waals surface area (Å²) in [6.07, 6.45) is 2.15. The van der Waals surface area contributed by atoms with Gasteiger partial charge in [-0.15, -0.1) is 0 Å². The van der Waals surface area contributed by atoms with E-state index in [0.717, 1.165) is 6.29 Å². The quantitative estimate of drug-likeness (QED) is 0.497. The van der Waals surface area contributed by atoms with Crippen molar-refractivity contribution in [2.45, 2.75) is 6.42 Å². The molecule has 0 aliphatic heterocycles. The smallest absolute Gasteiger partial charge is 0.213 e. The summed E-state index contributed by atoms with van der Waals surface area (Å²) in [7, 11) is 0. The predicted octanol–water partition coefficient (Wildman–Crippen LogP) is -0.189. The Bertz CT molecular complexity index is 159. The molecule has 4 heteroatoms. The Balaban J connectivity index is 2.62. The Morgan fingerprint density at radius 1 is 1.88 bits per heavy atom. The summed E-state index contributed by atoms with van der Waals surface area (Å²) in [4.78, 5) is 13.3. The van der Waals surface area contributed by atoms with E-state index in [4.69, 9.17) is 0 Å². The highest BCUT2D eigenvalue weighted by Gasteiger charge is 1.92. The average Bonchev–Trinajstić information content (AvgIpc) is 2.19. The van der Waals surface area contributed by atoms with Crippen molar-refractivity contribution in [3.63, 3.8) is 0 Å². The Hall–Kier alpha value is -1.19. The van der Waals surface area contributed by atoms with Crippen LogP contribution in [0.5, 0.6) is 0 Å². The molecule has 0 aliphatic carbocycles. The zero-order valence-corrected chi connectivity index (χ0v) is 4.07. The standard InChI is InChI=1S/C4H4N2O2/c7-2-1-4-5-3-8-6-4/h2-3H,1H2. The first kappa shape index (κ1) is 4.96. The van der Waals surface area contributed by atoms with Crippen LogP contribution in [0.15, 0.2) is 10.9 Å². The molecule has 0 atom stereocenters. The van der Waals surface area contributed by atoms with Crippen LogP contribution >= 0.6 is 0 Å². The lowest BCUT2D eigenvalue weighted by Gasteiger charge is -1.72. The van der Waals surface area contributed by atoms with Gasteiger partial charge < -0.3 is 9.32 Å². The van der Waals surface area contributed by atoms with Gasteiger partial charge in [0.1, 0.15) is 6.29 Å². The lowest BCUT2D eigenvalue weighted by atomic mass is 10.5. The number of carbonyl (C=O) groups is 1. The SMILES string of the molecule is O=CCc1ncon1. The maximum absolute atomic E-state index is 9.75. The number of aldehydes is 1. The van der Waals surface area contributed by atoms with Crippen molar-refractivity contribution >= 4 is 6.29 Å². The van der Waals surface area contributed by atoms with Crippen molar-refractivity contribution in [3.05, 3.63) is 12.2 Å². The molecule has 0 N–H and O–H groups in total. The Morgan fingerprint density at radius 2 is 2.75 bits per heavy atom. The summed E-state index contributed by atoms with van der Waals surface area (Å²) in [5, 5.41) is 3.39. The van der Waals surface area contributed by atoms with Gasteiger partial charge in [0, 0.05) is 0 Å². The molecule has 8 heavy (non-hydrogen) atoms. The fourth-order valence-corrected chi connectivity index (χ4v) is 0.357. The molecular weight excluding hydrogens is 108 g/mol. The van der Waals surface area contributed by atoms with Gasteiger partial charge in [-0.1, -0.05) is 5.16 Å². The molecule has 0 saturated carbocycles. The number of rotatable bonds is 2. The van der Waals surface area contributed by atoms with E-state index in [0.29, 0.717) is 5.82 Å². The van der Waals surface area contributed by atoms with E-state index in [-0.39, 0.29) is 6.42 Å². The van der Waals surface area contributed by atoms with Gasteiger partial charge in [-0.3, -0.25) is 0 Å². The first-order valence-electron chi connectivity index (χ1n) is 2.12. The topological polar surface area (TPSA) is 56.0 Å². The molecule has 1 aromatic heterocycles. The third-order valence-corrected chi connectivity index (χ3v) is 0.673. The van der Waals surface area contributed by atoms with Crippen LogP contribution in [-0.4, -0.2) is 16.4 Å². The van der Waals surface area contributed by atoms with E-state index in [2.05, 4.69) is 14.7 Å². The highest BCUT2D eigenvalue weighted by atomic mass is 16.5. The van der Waals surface area contributed by atoms with Crippen molar-refractivity contribution in [1.82, 2.24) is 10.1 Å². The van der Waals surface area contributed by atoms with E-state index in [1.165, 1.54) is 6.39 Å². The van der Waals surface area contributed by atoms with Crippen LogP contribution in [0, 0.1) is 0 Å². The molecule has 1 heterocycles. The van der Waals surface area contributed by atoms with Crippen LogP contribution in [0.2, 0.25) is 0 Å². The van der Waals surface area contributed by atoms with Crippen LogP contribution in [0.3, 0.4) is 0 Å². The molecule has 1 rings (SSSR count). The normalized spacial score (nSPS) is 9.00. The largest absolute Gasteiger partial charge is 0.343 e. The summed E-state index contributed by atoms with van der Waals surface area (Å²) < 4.78 is 4.35. The minimum atomic E-state index is 0.233. The average molecular weight is 112 g/mol. The summed E-state index contributed by atoms with van der Waals surface area (Å²) in [6, 6.07) is 0. The monoisotopic (exact) mass is 112 g/mol. The van der Waals surface area contributed by atoms with E-state index < -0.39 is 0 Å². The highest BCUT2D eigenvalue weighted by molar-refractivity contribution is 5.52. The second-order valence-electron chi connectivity index (χ2n) is 1.22. The van der Waals surface area contributed by atoms with Gasteiger partial charge in [-0.2, -0.15) is 4.98 Å². The van der Waals surface area contributed by atoms with E-state index >= 15 is 0 Å². The van der Waals surface area contributed by atoms with Gasteiger partial charge in [-0.25, -0.2) is 0 Å². The summed E-state index contributed by atoms with van der Waals surface area (Å²) in [5.74, 6) is 0.431. The van der Waals surface area contributed by atoms with Crippen LogP contribution in [-0.2, 0) is 11.2 Å². The molecule has 0 aliphatic rings. The third-order valence-electron chi connectivity index (χ3n) is 0.673. The zero-order chi connectivity index (χ0) is 5.82. The molecule has 0 amide bonds. The molecule has 0 bridgehead atoms. The Labute approximate surface area is 45.5 Å². The van der Waals surface area contributed by atoms with Crippen LogP contribution < -0.4 is 0 Å². The first-order chi connectivity index (χ1) is 3.93. The van der Waals surface area contributed by atoms with E-state index in [1.54, 1.807) is 0 Å². The van der Waals surface area contributed by atoms with Gasteiger partial charge >= 0.3 is 0 Å². The van der Waals surface area contributed by atoms with Gasteiger partial charge in [0.05, 0.1) is 6.42 Å². The summed E-state index contributed by atoms with van der Waals surface area (Å²) in [5.41, 5.74) is 0. The van der Waals surface area contributed by atoms with Crippen LogP contribution in [0.25, 0.3) is 0 Å². The van der Waals surface area contributed by atoms with Crippen molar-refractivity contribution in [3.8, 4) is 0 Å². The van der Waals surface area contributed by atoms with Crippen molar-refractivity contribution in [2.24, 2.45) is 0 Å². The molecule has 0 spiro atoms. The third kappa shape index (κ3) is 0.900. The summed E-state index contributed by atoms with van der Waals surface area (Å²) >= 11 is 0. The maximum Gasteiger partial charge on any atom is 0.213 e. The number of hydrogen-bond acceptors (Lipinski definition) is 4. The van der Waals surface area contributed by atoms with Crippen LogP contribution in [0.4, 0.5) is 0 Å². The molecule has 1 aromatic rings. The van der Waals surface area contributed by atoms with Crippen molar-refractivity contribution < 1.29 is 9.32 Å². The van der Waals surface area contributed by atoms with E-state index in [1.807, 2.05) is 0 Å². The molecular formula is C4H4N2O2. The van der Waals surface area contributed by atoms with Gasteiger partial charge in [0.2, 0.25) is 6.39 Å². The van der Waals surface area contributed by atoms with Gasteiger partial charge in [0.15, 0.2) is 5.82 Å². The summed E-state index contributed by atoms with van der Waals surface area (Å²) in [6.45, 7) is 0. The molecule has 0 fully saturated rings. The number of aromatic nitrogens is 2. The second-order valence-corrected chi connectivity index (χ2v) is 1.22. The minimum Gasteiger partial charge on any atom is -0.343 e. The number of hydrogen-bond donors (Lipinski definition) is 0. The number of nitrogens with zero attached hydrogens (tertiary/aromatic N) is 2. The Kier molecular flexibility index (Phi) is 1.37. The fraction of sp³-hybridized carbons (Fsp3) is 0.250. The molecule has 0 aromatic carbocycles. The minimum absolute atomic E-state index is 0.233. The molecule has 42 valence electrons. The number of carbonyl (C=O) groups excluding carboxylic acids is 1.